The predicted octanol–water partition coefficient (Wildman–Crippen LogP) is 1.93. The molecule has 1 heterocycles. The van der Waals surface area contributed by atoms with Gasteiger partial charge in [-0.3, -0.25) is 4.68 Å². The summed E-state index contributed by atoms with van der Waals surface area (Å²) < 4.78 is 1.97. The van der Waals surface area contributed by atoms with E-state index < -0.39 is 0 Å². The summed E-state index contributed by atoms with van der Waals surface area (Å²) in [5.74, 6) is 2.89. The molecule has 106 valence electrons. The monoisotopic (exact) mass is 262 g/mol. The van der Waals surface area contributed by atoms with E-state index in [4.69, 9.17) is 5.73 Å². The van der Waals surface area contributed by atoms with Gasteiger partial charge in [0, 0.05) is 30.9 Å². The van der Waals surface area contributed by atoms with E-state index in [1.54, 1.807) is 0 Å². The summed E-state index contributed by atoms with van der Waals surface area (Å²) in [5.41, 5.74) is 7.16. The van der Waals surface area contributed by atoms with E-state index in [0.29, 0.717) is 6.54 Å². The van der Waals surface area contributed by atoms with Crippen LogP contribution >= 0.6 is 0 Å². The van der Waals surface area contributed by atoms with Crippen molar-refractivity contribution in [1.82, 2.24) is 15.1 Å². The third kappa shape index (κ3) is 3.18. The normalized spacial score (nSPS) is 21.0. The van der Waals surface area contributed by atoms with Gasteiger partial charge in [0.05, 0.1) is 6.20 Å². The van der Waals surface area contributed by atoms with E-state index >= 15 is 0 Å². The van der Waals surface area contributed by atoms with Crippen LogP contribution in [-0.4, -0.2) is 22.9 Å². The Morgan fingerprint density at radius 1 is 1.37 bits per heavy atom. The summed E-state index contributed by atoms with van der Waals surface area (Å²) in [6.45, 7) is 4.81. The van der Waals surface area contributed by atoms with E-state index in [2.05, 4.69) is 23.5 Å². The van der Waals surface area contributed by atoms with Crippen molar-refractivity contribution in [3.05, 3.63) is 18.0 Å². The molecule has 4 heteroatoms. The Hall–Kier alpha value is -0.870. The molecule has 1 aromatic rings. The summed E-state index contributed by atoms with van der Waals surface area (Å²) in [4.78, 5) is 0. The summed E-state index contributed by atoms with van der Waals surface area (Å²) >= 11 is 0. The van der Waals surface area contributed by atoms with Crippen LogP contribution in [0.4, 0.5) is 0 Å². The van der Waals surface area contributed by atoms with Crippen molar-refractivity contribution < 1.29 is 0 Å². The molecule has 1 unspecified atom stereocenters. The molecular formula is C15H26N4. The maximum atomic E-state index is 5.93. The summed E-state index contributed by atoms with van der Waals surface area (Å²) in [7, 11) is 0. The second kappa shape index (κ2) is 5.63. The lowest BCUT2D eigenvalue weighted by Gasteiger charge is -2.21. The van der Waals surface area contributed by atoms with Gasteiger partial charge < -0.3 is 11.1 Å². The summed E-state index contributed by atoms with van der Waals surface area (Å²) in [5, 5.41) is 8.03. The second-order valence-electron chi connectivity index (χ2n) is 6.16. The molecular weight excluding hydrogens is 236 g/mol. The lowest BCUT2D eigenvalue weighted by molar-refractivity contribution is 0.357. The average Bonchev–Trinajstić information content (AvgIpc) is 3.35. The van der Waals surface area contributed by atoms with E-state index in [1.165, 1.54) is 31.2 Å². The minimum Gasteiger partial charge on any atom is -0.329 e. The fourth-order valence-electron chi connectivity index (χ4n) is 3.12. The molecule has 1 atom stereocenters. The van der Waals surface area contributed by atoms with Crippen LogP contribution in [0, 0.1) is 17.8 Å². The highest BCUT2D eigenvalue weighted by molar-refractivity contribution is 5.11. The summed E-state index contributed by atoms with van der Waals surface area (Å²) in [6, 6.07) is 0.264. The van der Waals surface area contributed by atoms with Gasteiger partial charge in [-0.1, -0.05) is 0 Å². The molecule has 19 heavy (non-hydrogen) atoms. The van der Waals surface area contributed by atoms with Gasteiger partial charge in [-0.25, -0.2) is 0 Å². The minimum atomic E-state index is 0.264. The van der Waals surface area contributed by atoms with Crippen molar-refractivity contribution in [2.75, 3.05) is 13.1 Å². The number of nitrogens with one attached hydrogen (secondary N) is 1. The molecule has 1 aromatic heterocycles. The second-order valence-corrected chi connectivity index (χ2v) is 6.16. The Morgan fingerprint density at radius 3 is 2.53 bits per heavy atom. The smallest absolute Gasteiger partial charge is 0.0538 e. The molecule has 0 saturated heterocycles. The maximum absolute atomic E-state index is 5.93. The molecule has 0 spiro atoms. The third-order valence-corrected chi connectivity index (χ3v) is 4.67. The van der Waals surface area contributed by atoms with Gasteiger partial charge >= 0.3 is 0 Å². The number of nitrogens with two attached hydrogens (primary N) is 1. The van der Waals surface area contributed by atoms with Crippen LogP contribution < -0.4 is 11.1 Å². The van der Waals surface area contributed by atoms with Crippen molar-refractivity contribution in [2.24, 2.45) is 23.5 Å². The Bertz CT molecular complexity index is 394. The Labute approximate surface area is 115 Å². The Morgan fingerprint density at radius 2 is 2.05 bits per heavy atom. The molecule has 2 aliphatic rings. The van der Waals surface area contributed by atoms with Crippen LogP contribution in [0.1, 0.15) is 44.2 Å². The number of aryl methyl sites for hydroxylation is 1. The van der Waals surface area contributed by atoms with Crippen LogP contribution in [0.25, 0.3) is 0 Å². The maximum Gasteiger partial charge on any atom is 0.0538 e. The molecule has 0 aromatic carbocycles. The van der Waals surface area contributed by atoms with E-state index in [9.17, 15) is 0 Å². The first-order valence-corrected chi connectivity index (χ1v) is 7.77. The molecule has 2 fully saturated rings. The first-order chi connectivity index (χ1) is 9.31. The first kappa shape index (κ1) is 13.1. The van der Waals surface area contributed by atoms with Gasteiger partial charge in [-0.2, -0.15) is 5.10 Å². The van der Waals surface area contributed by atoms with Gasteiger partial charge in [-0.15, -0.1) is 0 Å². The number of aromatic nitrogens is 2. The van der Waals surface area contributed by atoms with Crippen LogP contribution in [-0.2, 0) is 6.54 Å². The molecule has 0 amide bonds. The van der Waals surface area contributed by atoms with E-state index in [-0.39, 0.29) is 6.04 Å². The average molecular weight is 262 g/mol. The van der Waals surface area contributed by atoms with E-state index in [1.807, 2.05) is 10.9 Å². The number of hydrogen-bond donors (Lipinski definition) is 2. The van der Waals surface area contributed by atoms with Crippen molar-refractivity contribution in [1.29, 1.82) is 0 Å². The Kier molecular flexibility index (Phi) is 3.89. The van der Waals surface area contributed by atoms with Crippen molar-refractivity contribution in [2.45, 2.75) is 45.2 Å². The molecule has 2 aliphatic carbocycles. The zero-order valence-corrected chi connectivity index (χ0v) is 11.9. The van der Waals surface area contributed by atoms with Gasteiger partial charge in [0.2, 0.25) is 0 Å². The fourth-order valence-corrected chi connectivity index (χ4v) is 3.12. The molecule has 3 N–H and O–H groups in total. The van der Waals surface area contributed by atoms with Crippen molar-refractivity contribution in [3.63, 3.8) is 0 Å². The highest BCUT2D eigenvalue weighted by Crippen LogP contribution is 2.48. The highest BCUT2D eigenvalue weighted by Gasteiger charge is 2.41. The SMILES string of the molecule is CCn1cc(C(CN)NCC(C2CC2)C2CC2)cn1. The van der Waals surface area contributed by atoms with Gasteiger partial charge in [0.25, 0.3) is 0 Å². The topological polar surface area (TPSA) is 55.9 Å². The Balaban J connectivity index is 1.56. The third-order valence-electron chi connectivity index (χ3n) is 4.67. The molecule has 2 saturated carbocycles. The van der Waals surface area contributed by atoms with Crippen LogP contribution in [0.2, 0.25) is 0 Å². The van der Waals surface area contributed by atoms with Crippen LogP contribution in [0.15, 0.2) is 12.4 Å². The predicted molar refractivity (Wildman–Crippen MR) is 76.6 cm³/mol. The van der Waals surface area contributed by atoms with Gasteiger partial charge in [-0.05, 0) is 56.9 Å². The van der Waals surface area contributed by atoms with Crippen LogP contribution in [0.5, 0.6) is 0 Å². The standard InChI is InChI=1S/C15H26N4/c1-2-19-10-13(8-18-19)15(7-16)17-9-14(11-3-4-11)12-5-6-12/h8,10-12,14-15,17H,2-7,9,16H2,1H3. The molecule has 0 aliphatic heterocycles. The lowest BCUT2D eigenvalue weighted by atomic mass is 9.97. The van der Waals surface area contributed by atoms with Crippen molar-refractivity contribution in [3.8, 4) is 0 Å². The van der Waals surface area contributed by atoms with Crippen LogP contribution in [0.3, 0.4) is 0 Å². The first-order valence-electron chi connectivity index (χ1n) is 7.77. The van der Waals surface area contributed by atoms with Crippen molar-refractivity contribution >= 4 is 0 Å². The van der Waals surface area contributed by atoms with Gasteiger partial charge in [0.1, 0.15) is 0 Å². The largest absolute Gasteiger partial charge is 0.329 e. The molecule has 4 nitrogen and oxygen atoms in total. The lowest BCUT2D eigenvalue weighted by Crippen LogP contribution is -2.33. The van der Waals surface area contributed by atoms with Gasteiger partial charge in [0.15, 0.2) is 0 Å². The zero-order valence-electron chi connectivity index (χ0n) is 11.9. The number of hydrogen-bond acceptors (Lipinski definition) is 3. The molecule has 3 rings (SSSR count). The number of rotatable bonds is 8. The molecule has 0 bridgehead atoms. The molecule has 0 radical (unpaired) electrons. The highest BCUT2D eigenvalue weighted by atomic mass is 15.3. The minimum absolute atomic E-state index is 0.264. The quantitative estimate of drug-likeness (QED) is 0.752. The fraction of sp³-hybridized carbons (Fsp3) is 0.800. The van der Waals surface area contributed by atoms with E-state index in [0.717, 1.165) is 30.8 Å². The zero-order chi connectivity index (χ0) is 13.2. The number of nitrogens with zero attached hydrogens (tertiary/aromatic N) is 2. The summed E-state index contributed by atoms with van der Waals surface area (Å²) in [6.07, 6.45) is 9.87.